The van der Waals surface area contributed by atoms with E-state index < -0.39 is 11.5 Å². The highest BCUT2D eigenvalue weighted by molar-refractivity contribution is 5.31. The van der Waals surface area contributed by atoms with Crippen LogP contribution in [-0.4, -0.2) is 11.7 Å². The molecule has 0 amide bonds. The van der Waals surface area contributed by atoms with E-state index in [-0.39, 0.29) is 0 Å². The summed E-state index contributed by atoms with van der Waals surface area (Å²) in [7, 11) is 0. The highest BCUT2D eigenvalue weighted by atomic mass is 16.5. The zero-order valence-electron chi connectivity index (χ0n) is 13.0. The van der Waals surface area contributed by atoms with Crippen LogP contribution in [0.25, 0.3) is 0 Å². The van der Waals surface area contributed by atoms with Crippen molar-refractivity contribution in [3.8, 4) is 11.8 Å². The zero-order chi connectivity index (χ0) is 15.3. The van der Waals surface area contributed by atoms with Gasteiger partial charge >= 0.3 is 0 Å². The minimum atomic E-state index is -0.713. The summed E-state index contributed by atoms with van der Waals surface area (Å²) in [5.74, 6) is 1.47. The van der Waals surface area contributed by atoms with Gasteiger partial charge in [0.1, 0.15) is 5.75 Å². The lowest BCUT2D eigenvalue weighted by molar-refractivity contribution is 0.0266. The first-order chi connectivity index (χ1) is 10.1. The molecule has 1 saturated carbocycles. The average Bonchev–Trinajstić information content (AvgIpc) is 2.54. The van der Waals surface area contributed by atoms with Crippen molar-refractivity contribution in [1.29, 1.82) is 5.26 Å². The van der Waals surface area contributed by atoms with Gasteiger partial charge < -0.3 is 9.84 Å². The van der Waals surface area contributed by atoms with Crippen molar-refractivity contribution in [2.75, 3.05) is 6.61 Å². The van der Waals surface area contributed by atoms with Crippen LogP contribution >= 0.6 is 0 Å². The van der Waals surface area contributed by atoms with E-state index in [4.69, 9.17) is 4.74 Å². The second-order valence-electron chi connectivity index (χ2n) is 6.27. The van der Waals surface area contributed by atoms with Gasteiger partial charge in [0, 0.05) is 0 Å². The van der Waals surface area contributed by atoms with Crippen LogP contribution in [0.15, 0.2) is 24.3 Å². The van der Waals surface area contributed by atoms with Crippen LogP contribution in [0.4, 0.5) is 0 Å². The number of nitriles is 1. The van der Waals surface area contributed by atoms with Gasteiger partial charge in [-0.25, -0.2) is 0 Å². The number of benzene rings is 1. The van der Waals surface area contributed by atoms with Gasteiger partial charge in [-0.2, -0.15) is 5.26 Å². The lowest BCUT2D eigenvalue weighted by Gasteiger charge is -2.37. The van der Waals surface area contributed by atoms with E-state index >= 15 is 0 Å². The molecule has 0 spiro atoms. The Kier molecular flexibility index (Phi) is 5.25. The summed E-state index contributed by atoms with van der Waals surface area (Å²) in [6.07, 6.45) is 3.85. The fraction of sp³-hybridized carbons (Fsp3) is 0.611. The maximum Gasteiger partial charge on any atom is 0.119 e. The van der Waals surface area contributed by atoms with Gasteiger partial charge in [-0.3, -0.25) is 0 Å². The Hall–Kier alpha value is -1.53. The molecule has 3 heteroatoms. The van der Waals surface area contributed by atoms with E-state index in [9.17, 15) is 10.4 Å². The number of hydrogen-bond donors (Lipinski definition) is 1. The molecule has 0 aliphatic heterocycles. The molecule has 1 unspecified atom stereocenters. The number of rotatable bonds is 5. The van der Waals surface area contributed by atoms with Crippen molar-refractivity contribution >= 4 is 0 Å². The first-order valence-electron chi connectivity index (χ1n) is 7.93. The molecule has 0 heterocycles. The fourth-order valence-corrected chi connectivity index (χ4v) is 3.01. The van der Waals surface area contributed by atoms with Crippen molar-refractivity contribution in [3.05, 3.63) is 29.8 Å². The van der Waals surface area contributed by atoms with Crippen molar-refractivity contribution < 1.29 is 9.84 Å². The lowest BCUT2D eigenvalue weighted by atomic mass is 9.67. The second-order valence-corrected chi connectivity index (χ2v) is 6.27. The highest BCUT2D eigenvalue weighted by Crippen LogP contribution is 2.47. The van der Waals surface area contributed by atoms with Crippen molar-refractivity contribution in [3.63, 3.8) is 0 Å². The molecule has 1 aromatic rings. The molecule has 1 aliphatic rings. The molecular weight excluding hydrogens is 262 g/mol. The average molecular weight is 287 g/mol. The molecule has 1 fully saturated rings. The third kappa shape index (κ3) is 3.57. The number of ether oxygens (including phenoxy) is 1. The maximum atomic E-state index is 10.7. The van der Waals surface area contributed by atoms with Crippen LogP contribution in [-0.2, 0) is 0 Å². The molecule has 1 aromatic carbocycles. The van der Waals surface area contributed by atoms with Gasteiger partial charge in [-0.1, -0.05) is 26.0 Å². The standard InChI is InChI=1S/C18H25NO2/c1-3-12-21-16-6-4-15(5-7-16)17(20)18(13-19)10-8-14(2)9-11-18/h4-7,14,17,20H,3,8-12H2,1-2H3. The first kappa shape index (κ1) is 15.9. The lowest BCUT2D eigenvalue weighted by Crippen LogP contribution is -2.32. The number of aliphatic hydroxyl groups excluding tert-OH is 1. The number of nitrogens with zero attached hydrogens (tertiary/aromatic N) is 1. The smallest absolute Gasteiger partial charge is 0.119 e. The van der Waals surface area contributed by atoms with Crippen LogP contribution in [0.3, 0.4) is 0 Å². The van der Waals surface area contributed by atoms with Crippen molar-refractivity contribution in [2.45, 2.75) is 52.1 Å². The van der Waals surface area contributed by atoms with E-state index in [1.54, 1.807) is 0 Å². The monoisotopic (exact) mass is 287 g/mol. The Morgan fingerprint density at radius 3 is 2.48 bits per heavy atom. The molecule has 1 atom stereocenters. The molecule has 114 valence electrons. The first-order valence-corrected chi connectivity index (χ1v) is 7.93. The van der Waals surface area contributed by atoms with Gasteiger partial charge in [-0.15, -0.1) is 0 Å². The second kappa shape index (κ2) is 6.95. The molecule has 0 bridgehead atoms. The van der Waals surface area contributed by atoms with Crippen molar-refractivity contribution in [1.82, 2.24) is 0 Å². The van der Waals surface area contributed by atoms with Crippen molar-refractivity contribution in [2.24, 2.45) is 11.3 Å². The predicted octanol–water partition coefficient (Wildman–Crippen LogP) is 4.23. The summed E-state index contributed by atoms with van der Waals surface area (Å²) in [4.78, 5) is 0. The van der Waals surface area contributed by atoms with E-state index in [1.807, 2.05) is 24.3 Å². The maximum absolute atomic E-state index is 10.7. The predicted molar refractivity (Wildman–Crippen MR) is 82.9 cm³/mol. The van der Waals surface area contributed by atoms with Crippen LogP contribution in [0, 0.1) is 22.7 Å². The van der Waals surface area contributed by atoms with Crippen LogP contribution in [0.2, 0.25) is 0 Å². The normalized spacial score (nSPS) is 26.9. The Bertz CT molecular complexity index is 481. The third-order valence-electron chi connectivity index (χ3n) is 4.58. The number of aliphatic hydroxyl groups is 1. The van der Waals surface area contributed by atoms with E-state index in [2.05, 4.69) is 19.9 Å². The summed E-state index contributed by atoms with van der Waals surface area (Å²) in [5, 5.41) is 20.3. The van der Waals surface area contributed by atoms with Gasteiger partial charge in [-0.05, 0) is 55.7 Å². The molecule has 3 nitrogen and oxygen atoms in total. The fourth-order valence-electron chi connectivity index (χ4n) is 3.01. The SMILES string of the molecule is CCCOc1ccc(C(O)C2(C#N)CCC(C)CC2)cc1. The Balaban J connectivity index is 2.11. The topological polar surface area (TPSA) is 53.2 Å². The summed E-state index contributed by atoms with van der Waals surface area (Å²) in [6, 6.07) is 9.93. The summed E-state index contributed by atoms with van der Waals surface area (Å²) in [5.41, 5.74) is 0.188. The highest BCUT2D eigenvalue weighted by Gasteiger charge is 2.41. The van der Waals surface area contributed by atoms with E-state index in [0.29, 0.717) is 12.5 Å². The minimum absolute atomic E-state index is 0.627. The summed E-state index contributed by atoms with van der Waals surface area (Å²) >= 11 is 0. The van der Waals surface area contributed by atoms with Gasteiger partial charge in [0.05, 0.1) is 24.2 Å². The van der Waals surface area contributed by atoms with Crippen LogP contribution < -0.4 is 4.74 Å². The summed E-state index contributed by atoms with van der Waals surface area (Å²) < 4.78 is 5.55. The Morgan fingerprint density at radius 2 is 1.95 bits per heavy atom. The van der Waals surface area contributed by atoms with E-state index in [1.165, 1.54) is 0 Å². The zero-order valence-corrected chi connectivity index (χ0v) is 13.0. The molecule has 2 rings (SSSR count). The van der Waals surface area contributed by atoms with Gasteiger partial charge in [0.15, 0.2) is 0 Å². The quantitative estimate of drug-likeness (QED) is 0.881. The molecule has 21 heavy (non-hydrogen) atoms. The minimum Gasteiger partial charge on any atom is -0.494 e. The molecule has 0 aromatic heterocycles. The molecule has 0 saturated heterocycles. The van der Waals surface area contributed by atoms with Gasteiger partial charge in [0.25, 0.3) is 0 Å². The Labute approximate surface area is 127 Å². The third-order valence-corrected chi connectivity index (χ3v) is 4.58. The Morgan fingerprint density at radius 1 is 1.33 bits per heavy atom. The molecule has 1 N–H and O–H groups in total. The molecule has 1 aliphatic carbocycles. The van der Waals surface area contributed by atoms with Crippen LogP contribution in [0.5, 0.6) is 5.75 Å². The number of hydrogen-bond acceptors (Lipinski definition) is 3. The molecular formula is C18H25NO2. The summed E-state index contributed by atoms with van der Waals surface area (Å²) in [6.45, 7) is 4.98. The molecule has 0 radical (unpaired) electrons. The largest absolute Gasteiger partial charge is 0.494 e. The van der Waals surface area contributed by atoms with Crippen LogP contribution in [0.1, 0.15) is 57.6 Å². The van der Waals surface area contributed by atoms with E-state index in [0.717, 1.165) is 43.4 Å². The van der Waals surface area contributed by atoms with Gasteiger partial charge in [0.2, 0.25) is 0 Å².